The van der Waals surface area contributed by atoms with Gasteiger partial charge in [0.2, 0.25) is 0 Å². The fraction of sp³-hybridized carbons (Fsp3) is 0.143. The van der Waals surface area contributed by atoms with Crippen LogP contribution < -0.4 is 0 Å². The van der Waals surface area contributed by atoms with Gasteiger partial charge in [0.1, 0.15) is 5.65 Å². The minimum absolute atomic E-state index is 0.930. The third-order valence-corrected chi connectivity index (χ3v) is 2.82. The molecule has 0 spiro atoms. The molecule has 3 aromatic rings. The van der Waals surface area contributed by atoms with Crippen molar-refractivity contribution in [3.8, 4) is 11.3 Å². The quantitative estimate of drug-likeness (QED) is 0.688. The maximum atomic E-state index is 4.41. The summed E-state index contributed by atoms with van der Waals surface area (Å²) in [6.07, 6.45) is 3.69. The highest BCUT2D eigenvalue weighted by Crippen LogP contribution is 2.21. The van der Waals surface area contributed by atoms with Gasteiger partial charge in [-0.2, -0.15) is 0 Å². The summed E-state index contributed by atoms with van der Waals surface area (Å²) in [7, 11) is 0. The maximum Gasteiger partial charge on any atom is 0.137 e. The summed E-state index contributed by atoms with van der Waals surface area (Å²) in [5, 5.41) is 1.13. The van der Waals surface area contributed by atoms with Gasteiger partial charge in [0.15, 0.2) is 0 Å². The Kier molecular flexibility index (Phi) is 2.18. The van der Waals surface area contributed by atoms with E-state index in [2.05, 4.69) is 40.1 Å². The number of aromatic amines is 1. The third kappa shape index (κ3) is 1.80. The van der Waals surface area contributed by atoms with Crippen molar-refractivity contribution in [3.63, 3.8) is 0 Å². The van der Waals surface area contributed by atoms with Crippen molar-refractivity contribution in [3.05, 3.63) is 47.9 Å². The van der Waals surface area contributed by atoms with E-state index >= 15 is 0 Å². The molecule has 3 heteroatoms. The van der Waals surface area contributed by atoms with Crippen LogP contribution in [0.5, 0.6) is 0 Å². The average Bonchev–Trinajstić information content (AvgIpc) is 2.68. The molecule has 0 atom stereocenters. The first-order valence-corrected chi connectivity index (χ1v) is 5.61. The summed E-state index contributed by atoms with van der Waals surface area (Å²) >= 11 is 0. The lowest BCUT2D eigenvalue weighted by Crippen LogP contribution is -1.86. The second-order valence-electron chi connectivity index (χ2n) is 4.33. The van der Waals surface area contributed by atoms with Crippen molar-refractivity contribution < 1.29 is 0 Å². The van der Waals surface area contributed by atoms with Crippen LogP contribution >= 0.6 is 0 Å². The number of fused-ring (bicyclic) bond motifs is 1. The number of rotatable bonds is 1. The summed E-state index contributed by atoms with van der Waals surface area (Å²) in [6.45, 7) is 4.10. The fourth-order valence-corrected chi connectivity index (χ4v) is 1.99. The Hall–Kier alpha value is -2.16. The van der Waals surface area contributed by atoms with Gasteiger partial charge in [-0.1, -0.05) is 0 Å². The van der Waals surface area contributed by atoms with Crippen LogP contribution in [0.4, 0.5) is 0 Å². The number of aryl methyl sites for hydroxylation is 2. The first-order chi connectivity index (χ1) is 8.22. The predicted octanol–water partition coefficient (Wildman–Crippen LogP) is 3.24. The van der Waals surface area contributed by atoms with Gasteiger partial charge in [0.25, 0.3) is 0 Å². The zero-order valence-electron chi connectivity index (χ0n) is 9.86. The number of nitrogens with zero attached hydrogens (tertiary/aromatic N) is 2. The van der Waals surface area contributed by atoms with Crippen LogP contribution in [0.2, 0.25) is 0 Å². The molecule has 0 aliphatic heterocycles. The molecule has 0 saturated carbocycles. The van der Waals surface area contributed by atoms with Crippen LogP contribution in [0.15, 0.2) is 36.7 Å². The van der Waals surface area contributed by atoms with Gasteiger partial charge in [0, 0.05) is 29.0 Å². The van der Waals surface area contributed by atoms with Crippen molar-refractivity contribution in [2.45, 2.75) is 13.8 Å². The van der Waals surface area contributed by atoms with Crippen molar-refractivity contribution in [1.29, 1.82) is 0 Å². The van der Waals surface area contributed by atoms with Crippen LogP contribution in [0.25, 0.3) is 22.3 Å². The van der Waals surface area contributed by atoms with E-state index in [1.165, 1.54) is 5.56 Å². The van der Waals surface area contributed by atoms with Gasteiger partial charge in [-0.3, -0.25) is 4.98 Å². The fourth-order valence-electron chi connectivity index (χ4n) is 1.99. The van der Waals surface area contributed by atoms with E-state index in [-0.39, 0.29) is 0 Å². The van der Waals surface area contributed by atoms with Crippen molar-refractivity contribution in [2.24, 2.45) is 0 Å². The molecule has 3 nitrogen and oxygen atoms in total. The summed E-state index contributed by atoms with van der Waals surface area (Å²) < 4.78 is 0. The molecule has 3 heterocycles. The molecule has 84 valence electrons. The summed E-state index contributed by atoms with van der Waals surface area (Å²) in [5.41, 5.74) is 5.29. The standard InChI is InChI=1S/C14H13N3/c1-9-3-4-15-13(5-9)12-7-11-6-10(2)17-14(11)16-8-12/h3-8H,1-2H3,(H,16,17). The minimum atomic E-state index is 0.930. The topological polar surface area (TPSA) is 41.6 Å². The van der Waals surface area contributed by atoms with E-state index in [9.17, 15) is 0 Å². The Balaban J connectivity index is 2.17. The van der Waals surface area contributed by atoms with Crippen molar-refractivity contribution in [2.75, 3.05) is 0 Å². The zero-order valence-corrected chi connectivity index (χ0v) is 9.86. The number of hydrogen-bond acceptors (Lipinski definition) is 2. The molecular weight excluding hydrogens is 210 g/mol. The minimum Gasteiger partial charge on any atom is -0.344 e. The zero-order chi connectivity index (χ0) is 11.8. The number of pyridine rings is 2. The predicted molar refractivity (Wildman–Crippen MR) is 68.8 cm³/mol. The monoisotopic (exact) mass is 223 g/mol. The van der Waals surface area contributed by atoms with Gasteiger partial charge in [-0.25, -0.2) is 4.98 Å². The maximum absolute atomic E-state index is 4.41. The van der Waals surface area contributed by atoms with E-state index in [1.54, 1.807) is 0 Å². The van der Waals surface area contributed by atoms with Gasteiger partial charge in [-0.05, 0) is 43.7 Å². The highest BCUT2D eigenvalue weighted by atomic mass is 14.9. The smallest absolute Gasteiger partial charge is 0.137 e. The van der Waals surface area contributed by atoms with Crippen molar-refractivity contribution in [1.82, 2.24) is 15.0 Å². The third-order valence-electron chi connectivity index (χ3n) is 2.82. The number of H-pyrrole nitrogens is 1. The molecule has 0 aliphatic rings. The van der Waals surface area contributed by atoms with E-state index < -0.39 is 0 Å². The Morgan fingerprint density at radius 2 is 1.94 bits per heavy atom. The lowest BCUT2D eigenvalue weighted by atomic mass is 10.1. The van der Waals surface area contributed by atoms with E-state index in [1.807, 2.05) is 25.4 Å². The molecule has 0 amide bonds. The molecule has 1 N–H and O–H groups in total. The van der Waals surface area contributed by atoms with Gasteiger partial charge in [-0.15, -0.1) is 0 Å². The molecule has 17 heavy (non-hydrogen) atoms. The molecule has 0 fully saturated rings. The Morgan fingerprint density at radius 1 is 1.06 bits per heavy atom. The summed E-state index contributed by atoms with van der Waals surface area (Å²) in [5.74, 6) is 0. The van der Waals surface area contributed by atoms with Crippen LogP contribution in [0, 0.1) is 13.8 Å². The normalized spacial score (nSPS) is 10.9. The first kappa shape index (κ1) is 10.0. The lowest BCUT2D eigenvalue weighted by Gasteiger charge is -2.01. The largest absolute Gasteiger partial charge is 0.344 e. The molecule has 0 aromatic carbocycles. The van der Waals surface area contributed by atoms with Crippen LogP contribution in [0.1, 0.15) is 11.3 Å². The first-order valence-electron chi connectivity index (χ1n) is 5.61. The molecule has 3 aromatic heterocycles. The number of aromatic nitrogens is 3. The summed E-state index contributed by atoms with van der Waals surface area (Å²) in [4.78, 5) is 12.0. The van der Waals surface area contributed by atoms with Gasteiger partial charge in [0.05, 0.1) is 5.69 Å². The molecular formula is C14H13N3. The number of hydrogen-bond donors (Lipinski definition) is 1. The van der Waals surface area contributed by atoms with E-state index in [4.69, 9.17) is 0 Å². The summed E-state index contributed by atoms with van der Waals surface area (Å²) in [6, 6.07) is 8.29. The average molecular weight is 223 g/mol. The van der Waals surface area contributed by atoms with E-state index in [0.717, 1.165) is 28.0 Å². The lowest BCUT2D eigenvalue weighted by molar-refractivity contribution is 1.24. The molecule has 0 saturated heterocycles. The Bertz CT molecular complexity index is 683. The second kappa shape index (κ2) is 3.70. The molecule has 3 rings (SSSR count). The molecule has 0 unspecified atom stereocenters. The SMILES string of the molecule is Cc1ccnc(-c2cnc3[nH]c(C)cc3c2)c1. The van der Waals surface area contributed by atoms with Crippen LogP contribution in [-0.4, -0.2) is 15.0 Å². The van der Waals surface area contributed by atoms with Crippen LogP contribution in [0.3, 0.4) is 0 Å². The molecule has 0 bridgehead atoms. The number of nitrogens with one attached hydrogen (secondary N) is 1. The van der Waals surface area contributed by atoms with Crippen molar-refractivity contribution >= 4 is 11.0 Å². The van der Waals surface area contributed by atoms with Gasteiger partial charge >= 0.3 is 0 Å². The van der Waals surface area contributed by atoms with Gasteiger partial charge < -0.3 is 4.98 Å². The second-order valence-corrected chi connectivity index (χ2v) is 4.33. The molecule has 0 aliphatic carbocycles. The highest BCUT2D eigenvalue weighted by Gasteiger charge is 2.04. The Morgan fingerprint density at radius 3 is 2.76 bits per heavy atom. The molecule has 0 radical (unpaired) electrons. The van der Waals surface area contributed by atoms with Crippen LogP contribution in [-0.2, 0) is 0 Å². The Labute approximate surface area is 99.5 Å². The van der Waals surface area contributed by atoms with E-state index in [0.29, 0.717) is 0 Å². The highest BCUT2D eigenvalue weighted by molar-refractivity contribution is 5.81.